The summed E-state index contributed by atoms with van der Waals surface area (Å²) in [5.74, 6) is 1.30. The first-order valence-electron chi connectivity index (χ1n) is 11.5. The van der Waals surface area contributed by atoms with Crippen LogP contribution in [0, 0.1) is 0 Å². The molecular weight excluding hydrogens is 406 g/mol. The number of carbonyl (C=O) groups excluding carboxylic acids is 1. The number of urea groups is 1. The monoisotopic (exact) mass is 439 g/mol. The van der Waals surface area contributed by atoms with Crippen LogP contribution in [0.3, 0.4) is 0 Å². The van der Waals surface area contributed by atoms with Gasteiger partial charge in [0.25, 0.3) is 0 Å². The molecule has 2 aliphatic rings. The van der Waals surface area contributed by atoms with Crippen LogP contribution in [0.4, 0.5) is 4.79 Å². The number of benzene rings is 2. The van der Waals surface area contributed by atoms with E-state index in [4.69, 9.17) is 9.47 Å². The number of aliphatic hydroxyl groups is 1. The molecule has 1 saturated heterocycles. The summed E-state index contributed by atoms with van der Waals surface area (Å²) in [6.45, 7) is 2.71. The van der Waals surface area contributed by atoms with Crippen LogP contribution in [-0.2, 0) is 6.61 Å². The second-order valence-electron chi connectivity index (χ2n) is 8.52. The van der Waals surface area contributed by atoms with Crippen molar-refractivity contribution in [2.45, 2.75) is 50.5 Å². The zero-order valence-corrected chi connectivity index (χ0v) is 18.4. The standard InChI is InChI=1S/C25H33N3O4/c29-22(16-27-20-10-12-21(13-11-20)28-15-14-26-25(28)30)18-32-24-9-5-4-8-23(24)31-17-19-6-2-1-3-7-19/h1-9,20-22,27,29H,10-18H2,(H,26,30). The largest absolute Gasteiger partial charge is 0.487 e. The van der Waals surface area contributed by atoms with Crippen LogP contribution in [0.15, 0.2) is 54.6 Å². The van der Waals surface area contributed by atoms with Gasteiger partial charge in [-0.3, -0.25) is 0 Å². The number of carbonyl (C=O) groups is 1. The highest BCUT2D eigenvalue weighted by Gasteiger charge is 2.31. The van der Waals surface area contributed by atoms with E-state index >= 15 is 0 Å². The Bertz CT molecular complexity index is 855. The van der Waals surface area contributed by atoms with Crippen LogP contribution in [-0.4, -0.2) is 60.5 Å². The first kappa shape index (κ1) is 22.4. The second-order valence-corrected chi connectivity index (χ2v) is 8.52. The number of hydrogen-bond donors (Lipinski definition) is 3. The maximum atomic E-state index is 11.8. The zero-order chi connectivity index (χ0) is 22.2. The highest BCUT2D eigenvalue weighted by atomic mass is 16.5. The van der Waals surface area contributed by atoms with Gasteiger partial charge in [-0.25, -0.2) is 4.79 Å². The first-order valence-corrected chi connectivity index (χ1v) is 11.5. The molecule has 2 fully saturated rings. The normalized spacial score (nSPS) is 21.8. The van der Waals surface area contributed by atoms with E-state index in [0.29, 0.717) is 36.7 Å². The molecule has 0 radical (unpaired) electrons. The van der Waals surface area contributed by atoms with Gasteiger partial charge in [0.1, 0.15) is 19.3 Å². The van der Waals surface area contributed by atoms with Crippen molar-refractivity contribution in [1.29, 1.82) is 0 Å². The SMILES string of the molecule is O=C1NCCN1C1CCC(NCC(O)COc2ccccc2OCc2ccccc2)CC1. The van der Waals surface area contributed by atoms with E-state index < -0.39 is 6.10 Å². The Labute approximate surface area is 189 Å². The summed E-state index contributed by atoms with van der Waals surface area (Å²) < 4.78 is 11.8. The van der Waals surface area contributed by atoms with E-state index in [-0.39, 0.29) is 12.6 Å². The van der Waals surface area contributed by atoms with Gasteiger partial charge in [-0.2, -0.15) is 0 Å². The molecular formula is C25H33N3O4. The van der Waals surface area contributed by atoms with E-state index in [1.807, 2.05) is 59.5 Å². The molecule has 0 bridgehead atoms. The average Bonchev–Trinajstić information content (AvgIpc) is 3.27. The fourth-order valence-corrected chi connectivity index (χ4v) is 4.40. The molecule has 1 heterocycles. The Morgan fingerprint density at radius 3 is 2.38 bits per heavy atom. The number of hydrogen-bond acceptors (Lipinski definition) is 5. The summed E-state index contributed by atoms with van der Waals surface area (Å²) in [6, 6.07) is 18.3. The molecule has 3 N–H and O–H groups in total. The van der Waals surface area contributed by atoms with Crippen LogP contribution in [0.2, 0.25) is 0 Å². The fourth-order valence-electron chi connectivity index (χ4n) is 4.40. The van der Waals surface area contributed by atoms with Gasteiger partial charge in [0, 0.05) is 31.7 Å². The number of aliphatic hydroxyl groups excluding tert-OH is 1. The van der Waals surface area contributed by atoms with Crippen molar-refractivity contribution in [2.75, 3.05) is 26.2 Å². The summed E-state index contributed by atoms with van der Waals surface area (Å²) in [5.41, 5.74) is 1.09. The molecule has 4 rings (SSSR count). The molecule has 1 atom stereocenters. The zero-order valence-electron chi connectivity index (χ0n) is 18.4. The van der Waals surface area contributed by atoms with E-state index in [1.165, 1.54) is 0 Å². The van der Waals surface area contributed by atoms with Gasteiger partial charge in [-0.05, 0) is 43.4 Å². The number of rotatable bonds is 10. The minimum atomic E-state index is -0.612. The minimum absolute atomic E-state index is 0.0713. The van der Waals surface area contributed by atoms with Crippen LogP contribution in [0.5, 0.6) is 11.5 Å². The summed E-state index contributed by atoms with van der Waals surface area (Å²) in [5, 5.41) is 16.8. The third-order valence-corrected chi connectivity index (χ3v) is 6.19. The lowest BCUT2D eigenvalue weighted by Gasteiger charge is -2.34. The molecule has 1 aliphatic heterocycles. The molecule has 2 aromatic rings. The highest BCUT2D eigenvalue weighted by molar-refractivity contribution is 5.76. The summed E-state index contributed by atoms with van der Waals surface area (Å²) in [7, 11) is 0. The lowest BCUT2D eigenvalue weighted by atomic mass is 9.90. The number of ether oxygens (including phenoxy) is 2. The molecule has 1 unspecified atom stereocenters. The number of amides is 2. The fraction of sp³-hybridized carbons (Fsp3) is 0.480. The molecule has 172 valence electrons. The Hall–Kier alpha value is -2.77. The molecule has 0 spiro atoms. The molecule has 1 saturated carbocycles. The molecule has 7 heteroatoms. The van der Waals surface area contributed by atoms with Gasteiger partial charge in [-0.15, -0.1) is 0 Å². The van der Waals surface area contributed by atoms with Crippen LogP contribution in [0.1, 0.15) is 31.2 Å². The second kappa shape index (κ2) is 11.2. The molecule has 2 aromatic carbocycles. The molecule has 7 nitrogen and oxygen atoms in total. The topological polar surface area (TPSA) is 83.1 Å². The predicted octanol–water partition coefficient (Wildman–Crippen LogP) is 2.93. The minimum Gasteiger partial charge on any atom is -0.487 e. The van der Waals surface area contributed by atoms with Crippen molar-refractivity contribution < 1.29 is 19.4 Å². The third kappa shape index (κ3) is 6.14. The predicted molar refractivity (Wildman–Crippen MR) is 123 cm³/mol. The number of nitrogens with zero attached hydrogens (tertiary/aromatic N) is 1. The van der Waals surface area contributed by atoms with Crippen molar-refractivity contribution in [3.05, 3.63) is 60.2 Å². The summed E-state index contributed by atoms with van der Waals surface area (Å²) >= 11 is 0. The summed E-state index contributed by atoms with van der Waals surface area (Å²) in [6.07, 6.45) is 3.42. The number of nitrogens with one attached hydrogen (secondary N) is 2. The first-order chi connectivity index (χ1) is 15.7. The Morgan fingerprint density at radius 1 is 1.00 bits per heavy atom. The van der Waals surface area contributed by atoms with E-state index in [1.54, 1.807) is 0 Å². The van der Waals surface area contributed by atoms with Crippen molar-refractivity contribution >= 4 is 6.03 Å². The maximum absolute atomic E-state index is 11.8. The van der Waals surface area contributed by atoms with Gasteiger partial charge >= 0.3 is 6.03 Å². The lowest BCUT2D eigenvalue weighted by Crippen LogP contribution is -2.45. The molecule has 32 heavy (non-hydrogen) atoms. The third-order valence-electron chi connectivity index (χ3n) is 6.19. The van der Waals surface area contributed by atoms with Crippen molar-refractivity contribution in [3.8, 4) is 11.5 Å². The van der Waals surface area contributed by atoms with Gasteiger partial charge in [0.2, 0.25) is 0 Å². The van der Waals surface area contributed by atoms with Crippen LogP contribution < -0.4 is 20.1 Å². The Kier molecular flexibility index (Phi) is 7.85. The van der Waals surface area contributed by atoms with Gasteiger partial charge in [-0.1, -0.05) is 42.5 Å². The Balaban J connectivity index is 1.17. The highest BCUT2D eigenvalue weighted by Crippen LogP contribution is 2.28. The van der Waals surface area contributed by atoms with Crippen molar-refractivity contribution in [1.82, 2.24) is 15.5 Å². The Morgan fingerprint density at radius 2 is 1.69 bits per heavy atom. The van der Waals surface area contributed by atoms with E-state index in [9.17, 15) is 9.90 Å². The smallest absolute Gasteiger partial charge is 0.317 e. The van der Waals surface area contributed by atoms with E-state index in [2.05, 4.69) is 10.6 Å². The van der Waals surface area contributed by atoms with Gasteiger partial charge < -0.3 is 30.1 Å². The molecule has 1 aliphatic carbocycles. The lowest BCUT2D eigenvalue weighted by molar-refractivity contribution is 0.0971. The quantitative estimate of drug-likeness (QED) is 0.530. The van der Waals surface area contributed by atoms with Gasteiger partial charge in [0.15, 0.2) is 11.5 Å². The van der Waals surface area contributed by atoms with Crippen LogP contribution in [0.25, 0.3) is 0 Å². The van der Waals surface area contributed by atoms with E-state index in [0.717, 1.165) is 44.3 Å². The van der Waals surface area contributed by atoms with Gasteiger partial charge in [0.05, 0.1) is 0 Å². The van der Waals surface area contributed by atoms with Crippen molar-refractivity contribution in [3.63, 3.8) is 0 Å². The molecule has 0 aromatic heterocycles. The summed E-state index contributed by atoms with van der Waals surface area (Å²) in [4.78, 5) is 13.8. The van der Waals surface area contributed by atoms with Crippen molar-refractivity contribution in [2.24, 2.45) is 0 Å². The number of para-hydroxylation sites is 2. The average molecular weight is 440 g/mol. The van der Waals surface area contributed by atoms with Crippen LogP contribution >= 0.6 is 0 Å². The maximum Gasteiger partial charge on any atom is 0.317 e. The molecule has 2 amide bonds.